The highest BCUT2D eigenvalue weighted by molar-refractivity contribution is 5.52. The van der Waals surface area contributed by atoms with Crippen molar-refractivity contribution in [1.29, 1.82) is 0 Å². The van der Waals surface area contributed by atoms with E-state index in [2.05, 4.69) is 11.2 Å². The van der Waals surface area contributed by atoms with E-state index in [1.54, 1.807) is 6.07 Å². The summed E-state index contributed by atoms with van der Waals surface area (Å²) in [6.07, 6.45) is 1.94. The van der Waals surface area contributed by atoms with Gasteiger partial charge >= 0.3 is 6.18 Å². The molecule has 1 aromatic rings. The molecule has 0 aromatic heterocycles. The van der Waals surface area contributed by atoms with Crippen molar-refractivity contribution in [1.82, 2.24) is 0 Å². The minimum Gasteiger partial charge on any atom is -0.385 e. The summed E-state index contributed by atoms with van der Waals surface area (Å²) < 4.78 is 37.7. The van der Waals surface area contributed by atoms with Crippen molar-refractivity contribution in [3.63, 3.8) is 0 Å². The second kappa shape index (κ2) is 5.45. The zero-order chi connectivity index (χ0) is 12.0. The molecule has 0 saturated carbocycles. The average molecular weight is 227 g/mol. The van der Waals surface area contributed by atoms with Crippen LogP contribution in [0.5, 0.6) is 0 Å². The number of anilines is 1. The first-order valence-electron chi connectivity index (χ1n) is 4.89. The van der Waals surface area contributed by atoms with E-state index >= 15 is 0 Å². The molecule has 0 aliphatic heterocycles. The third-order valence-electron chi connectivity index (χ3n) is 2.05. The Morgan fingerprint density at radius 2 is 1.94 bits per heavy atom. The topological polar surface area (TPSA) is 12.0 Å². The number of nitrogens with one attached hydrogen (secondary N) is 1. The SMILES string of the molecule is C#CCCCNc1ccccc1C(F)(F)F. The smallest absolute Gasteiger partial charge is 0.385 e. The summed E-state index contributed by atoms with van der Waals surface area (Å²) in [5.41, 5.74) is -0.539. The van der Waals surface area contributed by atoms with Gasteiger partial charge in [0.15, 0.2) is 0 Å². The molecule has 86 valence electrons. The van der Waals surface area contributed by atoms with Crippen molar-refractivity contribution >= 4 is 5.69 Å². The fourth-order valence-electron chi connectivity index (χ4n) is 1.30. The summed E-state index contributed by atoms with van der Waals surface area (Å²) in [5, 5.41) is 2.74. The van der Waals surface area contributed by atoms with Crippen molar-refractivity contribution in [3.8, 4) is 12.3 Å². The van der Waals surface area contributed by atoms with Gasteiger partial charge in [-0.2, -0.15) is 13.2 Å². The van der Waals surface area contributed by atoms with Crippen LogP contribution >= 0.6 is 0 Å². The van der Waals surface area contributed by atoms with Gasteiger partial charge in [0.1, 0.15) is 0 Å². The van der Waals surface area contributed by atoms with E-state index in [1.807, 2.05) is 0 Å². The molecule has 0 bridgehead atoms. The lowest BCUT2D eigenvalue weighted by Crippen LogP contribution is -2.11. The summed E-state index contributed by atoms with van der Waals surface area (Å²) in [5.74, 6) is 2.44. The Balaban J connectivity index is 2.69. The molecule has 1 aromatic carbocycles. The molecule has 0 atom stereocenters. The van der Waals surface area contributed by atoms with Gasteiger partial charge in [-0.15, -0.1) is 12.3 Å². The molecule has 0 spiro atoms. The molecule has 1 N–H and O–H groups in total. The van der Waals surface area contributed by atoms with E-state index in [9.17, 15) is 13.2 Å². The van der Waals surface area contributed by atoms with Crippen LogP contribution in [-0.2, 0) is 6.18 Å². The van der Waals surface area contributed by atoms with Crippen LogP contribution in [0.4, 0.5) is 18.9 Å². The molecular weight excluding hydrogens is 215 g/mol. The largest absolute Gasteiger partial charge is 0.418 e. The van der Waals surface area contributed by atoms with Gasteiger partial charge in [0.05, 0.1) is 5.56 Å². The molecular formula is C12H12F3N. The first kappa shape index (κ1) is 12.4. The number of hydrogen-bond acceptors (Lipinski definition) is 1. The lowest BCUT2D eigenvalue weighted by molar-refractivity contribution is -0.136. The molecule has 4 heteroatoms. The number of rotatable bonds is 4. The van der Waals surface area contributed by atoms with E-state index in [0.29, 0.717) is 19.4 Å². The Morgan fingerprint density at radius 1 is 1.25 bits per heavy atom. The maximum Gasteiger partial charge on any atom is 0.418 e. The number of halogens is 3. The zero-order valence-corrected chi connectivity index (χ0v) is 8.64. The average Bonchev–Trinajstić information content (AvgIpc) is 2.24. The fraction of sp³-hybridized carbons (Fsp3) is 0.333. The fourth-order valence-corrected chi connectivity index (χ4v) is 1.30. The summed E-state index contributed by atoms with van der Waals surface area (Å²) >= 11 is 0. The molecule has 0 aliphatic rings. The molecule has 0 heterocycles. The molecule has 1 nitrogen and oxygen atoms in total. The van der Waals surface area contributed by atoms with Crippen molar-refractivity contribution < 1.29 is 13.2 Å². The van der Waals surface area contributed by atoms with Crippen LogP contribution in [0.15, 0.2) is 24.3 Å². The summed E-state index contributed by atoms with van der Waals surface area (Å²) in [7, 11) is 0. The molecule has 0 unspecified atom stereocenters. The first-order valence-corrected chi connectivity index (χ1v) is 4.89. The Bertz CT molecular complexity index is 377. The zero-order valence-electron chi connectivity index (χ0n) is 8.64. The third kappa shape index (κ3) is 3.50. The minimum atomic E-state index is -4.32. The number of benzene rings is 1. The highest BCUT2D eigenvalue weighted by atomic mass is 19.4. The number of hydrogen-bond donors (Lipinski definition) is 1. The lowest BCUT2D eigenvalue weighted by atomic mass is 10.1. The Hall–Kier alpha value is -1.63. The predicted molar refractivity (Wildman–Crippen MR) is 58.0 cm³/mol. The van der Waals surface area contributed by atoms with Crippen molar-refractivity contribution in [2.45, 2.75) is 19.0 Å². The van der Waals surface area contributed by atoms with Crippen LogP contribution in [0.3, 0.4) is 0 Å². The van der Waals surface area contributed by atoms with Crippen molar-refractivity contribution in [2.75, 3.05) is 11.9 Å². The van der Waals surface area contributed by atoms with Gasteiger partial charge in [0, 0.05) is 18.7 Å². The van der Waals surface area contributed by atoms with Gasteiger partial charge in [-0.25, -0.2) is 0 Å². The van der Waals surface area contributed by atoms with Gasteiger partial charge in [-0.05, 0) is 18.6 Å². The first-order chi connectivity index (χ1) is 7.55. The van der Waals surface area contributed by atoms with E-state index < -0.39 is 11.7 Å². The Kier molecular flexibility index (Phi) is 4.24. The van der Waals surface area contributed by atoms with Crippen molar-refractivity contribution in [3.05, 3.63) is 29.8 Å². The number of para-hydroxylation sites is 1. The Labute approximate surface area is 92.7 Å². The van der Waals surface area contributed by atoms with Crippen molar-refractivity contribution in [2.24, 2.45) is 0 Å². The molecule has 0 fully saturated rings. The summed E-state index contributed by atoms with van der Waals surface area (Å²) in [6, 6.07) is 5.41. The van der Waals surface area contributed by atoms with E-state index in [0.717, 1.165) is 6.07 Å². The summed E-state index contributed by atoms with van der Waals surface area (Å²) in [6.45, 7) is 0.442. The van der Waals surface area contributed by atoms with Crippen LogP contribution in [0.2, 0.25) is 0 Å². The van der Waals surface area contributed by atoms with Crippen LogP contribution in [0.25, 0.3) is 0 Å². The van der Waals surface area contributed by atoms with E-state index in [4.69, 9.17) is 6.42 Å². The van der Waals surface area contributed by atoms with Crippen LogP contribution < -0.4 is 5.32 Å². The van der Waals surface area contributed by atoms with Gasteiger partial charge in [0.25, 0.3) is 0 Å². The van der Waals surface area contributed by atoms with Gasteiger partial charge in [0.2, 0.25) is 0 Å². The minimum absolute atomic E-state index is 0.104. The normalized spacial score (nSPS) is 10.9. The lowest BCUT2D eigenvalue weighted by Gasteiger charge is -2.13. The second-order valence-corrected chi connectivity index (χ2v) is 3.28. The number of unbranched alkanes of at least 4 members (excludes halogenated alkanes) is 1. The number of alkyl halides is 3. The van der Waals surface area contributed by atoms with Gasteiger partial charge in [-0.3, -0.25) is 0 Å². The highest BCUT2D eigenvalue weighted by Crippen LogP contribution is 2.34. The maximum absolute atomic E-state index is 12.6. The maximum atomic E-state index is 12.6. The molecule has 16 heavy (non-hydrogen) atoms. The monoisotopic (exact) mass is 227 g/mol. The molecule has 1 rings (SSSR count). The van der Waals surface area contributed by atoms with E-state index in [1.165, 1.54) is 12.1 Å². The van der Waals surface area contributed by atoms with Crippen LogP contribution in [-0.4, -0.2) is 6.54 Å². The van der Waals surface area contributed by atoms with Crippen LogP contribution in [0.1, 0.15) is 18.4 Å². The highest BCUT2D eigenvalue weighted by Gasteiger charge is 2.32. The number of terminal acetylenes is 1. The van der Waals surface area contributed by atoms with Crippen LogP contribution in [0, 0.1) is 12.3 Å². The summed E-state index contributed by atoms with van der Waals surface area (Å²) in [4.78, 5) is 0. The van der Waals surface area contributed by atoms with E-state index in [-0.39, 0.29) is 5.69 Å². The molecule has 0 aliphatic carbocycles. The standard InChI is InChI=1S/C12H12F3N/c1-2-3-6-9-16-11-8-5-4-7-10(11)12(13,14)15/h1,4-5,7-8,16H,3,6,9H2. The third-order valence-corrected chi connectivity index (χ3v) is 2.05. The van der Waals surface area contributed by atoms with Gasteiger partial charge < -0.3 is 5.32 Å². The van der Waals surface area contributed by atoms with Gasteiger partial charge in [-0.1, -0.05) is 12.1 Å². The quantitative estimate of drug-likeness (QED) is 0.613. The molecule has 0 amide bonds. The molecule has 0 radical (unpaired) electrons. The predicted octanol–water partition coefficient (Wildman–Crippen LogP) is 3.53. The Morgan fingerprint density at radius 3 is 2.56 bits per heavy atom. The second-order valence-electron chi connectivity index (χ2n) is 3.28. The molecule has 0 saturated heterocycles.